The van der Waals surface area contributed by atoms with E-state index in [0.717, 1.165) is 16.5 Å². The summed E-state index contributed by atoms with van der Waals surface area (Å²) >= 11 is 1.22. The summed E-state index contributed by atoms with van der Waals surface area (Å²) < 4.78 is 0. The minimum Gasteiger partial charge on any atom is -0.480 e. The van der Waals surface area contributed by atoms with Gasteiger partial charge in [-0.2, -0.15) is 0 Å². The van der Waals surface area contributed by atoms with Gasteiger partial charge in [-0.3, -0.25) is 14.5 Å². The van der Waals surface area contributed by atoms with Gasteiger partial charge in [0.25, 0.3) is 5.91 Å². The molecule has 0 aliphatic rings. The molecule has 0 aliphatic carbocycles. The minimum atomic E-state index is -1.10. The number of hydrogen-bond donors (Lipinski definition) is 1. The Morgan fingerprint density at radius 3 is 2.65 bits per heavy atom. The highest BCUT2D eigenvalue weighted by atomic mass is 32.1. The van der Waals surface area contributed by atoms with E-state index < -0.39 is 18.4 Å². The van der Waals surface area contributed by atoms with Crippen LogP contribution < -0.4 is 4.90 Å². The van der Waals surface area contributed by atoms with Gasteiger partial charge in [0.05, 0.1) is 5.69 Å². The Hall–Kier alpha value is -2.47. The average molecular weight is 288 g/mol. The van der Waals surface area contributed by atoms with Crippen molar-refractivity contribution in [2.24, 2.45) is 0 Å². The number of nitrogens with zero attached hydrogens (tertiary/aromatic N) is 2. The molecule has 0 fully saturated rings. The molecule has 2 aromatic rings. The summed E-state index contributed by atoms with van der Waals surface area (Å²) in [4.78, 5) is 27.9. The van der Waals surface area contributed by atoms with Crippen molar-refractivity contribution in [1.29, 1.82) is 0 Å². The van der Waals surface area contributed by atoms with E-state index in [2.05, 4.69) is 11.6 Å². The first-order valence-corrected chi connectivity index (χ1v) is 6.66. The molecule has 6 heteroatoms. The Labute approximate surface area is 119 Å². The number of aromatic nitrogens is 1. The fraction of sp³-hybridized carbons (Fsp3) is 0.0714. The van der Waals surface area contributed by atoms with Crippen LogP contribution in [0.4, 0.5) is 5.13 Å². The van der Waals surface area contributed by atoms with E-state index in [9.17, 15) is 9.59 Å². The number of thiazole rings is 1. The van der Waals surface area contributed by atoms with Crippen molar-refractivity contribution in [1.82, 2.24) is 4.98 Å². The quantitative estimate of drug-likeness (QED) is 0.858. The molecule has 2 rings (SSSR count). The van der Waals surface area contributed by atoms with E-state index in [-0.39, 0.29) is 0 Å². The van der Waals surface area contributed by atoms with Gasteiger partial charge >= 0.3 is 5.97 Å². The van der Waals surface area contributed by atoms with E-state index in [1.54, 1.807) is 5.38 Å². The van der Waals surface area contributed by atoms with Crippen molar-refractivity contribution in [3.05, 3.63) is 48.4 Å². The number of benzene rings is 1. The Morgan fingerprint density at radius 1 is 1.35 bits per heavy atom. The fourth-order valence-electron chi connectivity index (χ4n) is 1.62. The zero-order chi connectivity index (χ0) is 14.5. The first-order chi connectivity index (χ1) is 9.61. The standard InChI is InChI=1S/C14H12N2O3S/c1-2-12(17)16(8-13(18)19)14-15-11(9-20-14)10-6-4-3-5-7-10/h2-7,9H,1,8H2,(H,18,19). The molecular weight excluding hydrogens is 276 g/mol. The highest BCUT2D eigenvalue weighted by Gasteiger charge is 2.19. The van der Waals surface area contributed by atoms with Crippen molar-refractivity contribution < 1.29 is 14.7 Å². The third-order valence-corrected chi connectivity index (χ3v) is 3.39. The first kappa shape index (κ1) is 14.0. The number of carbonyl (C=O) groups is 2. The van der Waals surface area contributed by atoms with Crippen molar-refractivity contribution >= 4 is 28.3 Å². The molecule has 0 radical (unpaired) electrons. The third kappa shape index (κ3) is 3.10. The molecule has 0 atom stereocenters. The van der Waals surface area contributed by atoms with Gasteiger partial charge < -0.3 is 5.11 Å². The summed E-state index contributed by atoms with van der Waals surface area (Å²) in [6, 6.07) is 9.47. The highest BCUT2D eigenvalue weighted by Crippen LogP contribution is 2.27. The van der Waals surface area contributed by atoms with Gasteiger partial charge in [-0.15, -0.1) is 11.3 Å². The minimum absolute atomic E-state index is 0.344. The predicted octanol–water partition coefficient (Wildman–Crippen LogP) is 2.41. The van der Waals surface area contributed by atoms with Gasteiger partial charge in [0, 0.05) is 10.9 Å². The topological polar surface area (TPSA) is 70.5 Å². The summed E-state index contributed by atoms with van der Waals surface area (Å²) in [7, 11) is 0. The lowest BCUT2D eigenvalue weighted by molar-refractivity contribution is -0.136. The van der Waals surface area contributed by atoms with E-state index in [0.29, 0.717) is 10.8 Å². The molecule has 5 nitrogen and oxygen atoms in total. The molecule has 0 spiro atoms. The van der Waals surface area contributed by atoms with Crippen LogP contribution >= 0.6 is 11.3 Å². The Kier molecular flexibility index (Phi) is 4.27. The zero-order valence-electron chi connectivity index (χ0n) is 10.5. The molecule has 0 saturated heterocycles. The molecule has 0 unspecified atom stereocenters. The molecule has 0 aliphatic heterocycles. The van der Waals surface area contributed by atoms with Gasteiger partial charge in [0.15, 0.2) is 5.13 Å². The predicted molar refractivity (Wildman–Crippen MR) is 77.7 cm³/mol. The second kappa shape index (κ2) is 6.12. The van der Waals surface area contributed by atoms with Crippen LogP contribution in [0.25, 0.3) is 11.3 Å². The molecule has 1 aromatic carbocycles. The second-order valence-electron chi connectivity index (χ2n) is 3.90. The Morgan fingerprint density at radius 2 is 2.05 bits per heavy atom. The number of carbonyl (C=O) groups excluding carboxylic acids is 1. The molecular formula is C14H12N2O3S. The van der Waals surface area contributed by atoms with Gasteiger partial charge in [-0.25, -0.2) is 4.98 Å². The molecule has 1 heterocycles. The number of carboxylic acid groups (broad SMARTS) is 1. The van der Waals surface area contributed by atoms with Crippen LogP contribution in [0.5, 0.6) is 0 Å². The normalized spacial score (nSPS) is 10.0. The SMILES string of the molecule is C=CC(=O)N(CC(=O)O)c1nc(-c2ccccc2)cs1. The van der Waals surface area contributed by atoms with Crippen LogP contribution in [-0.2, 0) is 9.59 Å². The monoisotopic (exact) mass is 288 g/mol. The van der Waals surface area contributed by atoms with Gasteiger partial charge in [0.1, 0.15) is 6.54 Å². The van der Waals surface area contributed by atoms with Crippen molar-refractivity contribution in [2.45, 2.75) is 0 Å². The van der Waals surface area contributed by atoms with Gasteiger partial charge in [0.2, 0.25) is 0 Å². The van der Waals surface area contributed by atoms with Crippen LogP contribution in [0.15, 0.2) is 48.4 Å². The fourth-order valence-corrected chi connectivity index (χ4v) is 2.45. The van der Waals surface area contributed by atoms with Crippen LogP contribution in [-0.4, -0.2) is 28.5 Å². The molecule has 1 N–H and O–H groups in total. The maximum atomic E-state index is 11.7. The maximum absolute atomic E-state index is 11.7. The summed E-state index contributed by atoms with van der Waals surface area (Å²) in [5, 5.41) is 11.0. The molecule has 1 aromatic heterocycles. The number of rotatable bonds is 5. The molecule has 20 heavy (non-hydrogen) atoms. The molecule has 1 amide bonds. The Bertz CT molecular complexity index is 637. The van der Waals surface area contributed by atoms with Crippen LogP contribution in [0.3, 0.4) is 0 Å². The number of aliphatic carboxylic acids is 1. The van der Waals surface area contributed by atoms with Crippen molar-refractivity contribution in [3.8, 4) is 11.3 Å². The van der Waals surface area contributed by atoms with E-state index in [1.165, 1.54) is 11.3 Å². The summed E-state index contributed by atoms with van der Waals surface area (Å²) in [5.74, 6) is -1.59. The molecule has 0 bridgehead atoms. The lowest BCUT2D eigenvalue weighted by atomic mass is 10.2. The third-order valence-electron chi connectivity index (χ3n) is 2.53. The first-order valence-electron chi connectivity index (χ1n) is 5.78. The Balaban J connectivity index is 2.31. The summed E-state index contributed by atoms with van der Waals surface area (Å²) in [6.45, 7) is 2.93. The number of anilines is 1. The molecule has 102 valence electrons. The lowest BCUT2D eigenvalue weighted by Crippen LogP contribution is -2.34. The van der Waals surface area contributed by atoms with Crippen LogP contribution in [0.2, 0.25) is 0 Å². The number of amides is 1. The van der Waals surface area contributed by atoms with Crippen molar-refractivity contribution in [3.63, 3.8) is 0 Å². The smallest absolute Gasteiger partial charge is 0.323 e. The number of carboxylic acids is 1. The maximum Gasteiger partial charge on any atom is 0.323 e. The summed E-state index contributed by atoms with van der Waals surface area (Å²) in [6.07, 6.45) is 1.08. The number of hydrogen-bond acceptors (Lipinski definition) is 4. The molecule has 0 saturated carbocycles. The average Bonchev–Trinajstić information content (AvgIpc) is 2.94. The van der Waals surface area contributed by atoms with Gasteiger partial charge in [-0.05, 0) is 6.08 Å². The second-order valence-corrected chi connectivity index (χ2v) is 4.74. The zero-order valence-corrected chi connectivity index (χ0v) is 11.3. The van der Waals surface area contributed by atoms with E-state index in [4.69, 9.17) is 5.11 Å². The van der Waals surface area contributed by atoms with E-state index >= 15 is 0 Å². The van der Waals surface area contributed by atoms with Crippen LogP contribution in [0, 0.1) is 0 Å². The summed E-state index contributed by atoms with van der Waals surface area (Å²) in [5.41, 5.74) is 1.62. The van der Waals surface area contributed by atoms with Crippen LogP contribution in [0.1, 0.15) is 0 Å². The lowest BCUT2D eigenvalue weighted by Gasteiger charge is -2.14. The highest BCUT2D eigenvalue weighted by molar-refractivity contribution is 7.14. The largest absolute Gasteiger partial charge is 0.480 e. The van der Waals surface area contributed by atoms with Crippen molar-refractivity contribution in [2.75, 3.05) is 11.4 Å². The van der Waals surface area contributed by atoms with Gasteiger partial charge in [-0.1, -0.05) is 36.9 Å². The van der Waals surface area contributed by atoms with E-state index in [1.807, 2.05) is 30.3 Å².